The number of aliphatic hydroxyl groups is 2. The Kier molecular flexibility index (Phi) is 3.73. The lowest BCUT2D eigenvalue weighted by Gasteiger charge is -2.08. The van der Waals surface area contributed by atoms with Crippen molar-refractivity contribution < 1.29 is 14.9 Å². The van der Waals surface area contributed by atoms with Crippen LogP contribution in [-0.2, 0) is 6.61 Å². The highest BCUT2D eigenvalue weighted by Crippen LogP contribution is 2.13. The van der Waals surface area contributed by atoms with Crippen LogP contribution in [0.3, 0.4) is 0 Å². The summed E-state index contributed by atoms with van der Waals surface area (Å²) in [5.74, 6) is 0.674. The SMILES string of the molecule is CC(O)COc1cccc(CO)c1. The van der Waals surface area contributed by atoms with Gasteiger partial charge in [0.1, 0.15) is 12.4 Å². The quantitative estimate of drug-likeness (QED) is 0.728. The molecule has 0 radical (unpaired) electrons. The monoisotopic (exact) mass is 182 g/mol. The molecule has 0 heterocycles. The average molecular weight is 182 g/mol. The molecule has 1 aromatic rings. The van der Waals surface area contributed by atoms with Gasteiger partial charge in [0, 0.05) is 0 Å². The van der Waals surface area contributed by atoms with E-state index >= 15 is 0 Å². The molecular weight excluding hydrogens is 168 g/mol. The molecular formula is C10H14O3. The predicted molar refractivity (Wildman–Crippen MR) is 49.5 cm³/mol. The maximum absolute atomic E-state index is 8.97. The van der Waals surface area contributed by atoms with E-state index in [0.717, 1.165) is 5.56 Å². The van der Waals surface area contributed by atoms with Crippen molar-refractivity contribution in [2.24, 2.45) is 0 Å². The van der Waals surface area contributed by atoms with Crippen LogP contribution in [0.1, 0.15) is 12.5 Å². The van der Waals surface area contributed by atoms with Crippen molar-refractivity contribution in [3.05, 3.63) is 29.8 Å². The highest BCUT2D eigenvalue weighted by atomic mass is 16.5. The van der Waals surface area contributed by atoms with Crippen molar-refractivity contribution in [2.45, 2.75) is 19.6 Å². The third-order valence-electron chi connectivity index (χ3n) is 1.57. The summed E-state index contributed by atoms with van der Waals surface area (Å²) in [4.78, 5) is 0. The molecule has 1 rings (SSSR count). The van der Waals surface area contributed by atoms with Crippen LogP contribution in [0.15, 0.2) is 24.3 Å². The van der Waals surface area contributed by atoms with Gasteiger partial charge in [0.25, 0.3) is 0 Å². The van der Waals surface area contributed by atoms with Crippen LogP contribution in [0.2, 0.25) is 0 Å². The van der Waals surface area contributed by atoms with Crippen molar-refractivity contribution in [3.63, 3.8) is 0 Å². The summed E-state index contributed by atoms with van der Waals surface area (Å²) in [7, 11) is 0. The topological polar surface area (TPSA) is 49.7 Å². The Morgan fingerprint density at radius 2 is 2.23 bits per heavy atom. The van der Waals surface area contributed by atoms with Gasteiger partial charge >= 0.3 is 0 Å². The number of rotatable bonds is 4. The second-order valence-corrected chi connectivity index (χ2v) is 2.97. The van der Waals surface area contributed by atoms with Gasteiger partial charge in [-0.05, 0) is 24.6 Å². The van der Waals surface area contributed by atoms with E-state index < -0.39 is 6.10 Å². The standard InChI is InChI=1S/C10H14O3/c1-8(12)7-13-10-4-2-3-9(5-10)6-11/h2-5,8,11-12H,6-7H2,1H3. The number of ether oxygens (including phenoxy) is 1. The molecule has 2 N–H and O–H groups in total. The summed E-state index contributed by atoms with van der Waals surface area (Å²) < 4.78 is 5.25. The van der Waals surface area contributed by atoms with Crippen molar-refractivity contribution >= 4 is 0 Å². The second kappa shape index (κ2) is 4.84. The average Bonchev–Trinajstić information content (AvgIpc) is 2.15. The Bertz CT molecular complexity index is 258. The number of aliphatic hydroxyl groups excluding tert-OH is 2. The minimum atomic E-state index is -0.474. The molecule has 1 atom stereocenters. The Morgan fingerprint density at radius 1 is 1.46 bits per heavy atom. The zero-order chi connectivity index (χ0) is 9.68. The van der Waals surface area contributed by atoms with Crippen LogP contribution in [-0.4, -0.2) is 22.9 Å². The smallest absolute Gasteiger partial charge is 0.119 e. The van der Waals surface area contributed by atoms with Gasteiger partial charge in [-0.3, -0.25) is 0 Å². The van der Waals surface area contributed by atoms with E-state index in [1.165, 1.54) is 0 Å². The molecule has 0 bridgehead atoms. The normalized spacial score (nSPS) is 12.5. The Morgan fingerprint density at radius 3 is 2.85 bits per heavy atom. The predicted octanol–water partition coefficient (Wildman–Crippen LogP) is 0.938. The third kappa shape index (κ3) is 3.44. The lowest BCUT2D eigenvalue weighted by atomic mass is 10.2. The maximum atomic E-state index is 8.97. The molecule has 0 aromatic heterocycles. The minimum Gasteiger partial charge on any atom is -0.491 e. The fourth-order valence-electron chi connectivity index (χ4n) is 0.950. The molecule has 1 aromatic carbocycles. The van der Waals surface area contributed by atoms with Gasteiger partial charge in [0.2, 0.25) is 0 Å². The molecule has 72 valence electrons. The first-order valence-corrected chi connectivity index (χ1v) is 4.23. The number of benzene rings is 1. The zero-order valence-electron chi connectivity index (χ0n) is 7.60. The van der Waals surface area contributed by atoms with Gasteiger partial charge in [0.15, 0.2) is 0 Å². The van der Waals surface area contributed by atoms with E-state index in [4.69, 9.17) is 14.9 Å². The Balaban J connectivity index is 2.56. The van der Waals surface area contributed by atoms with Crippen molar-refractivity contribution in [1.29, 1.82) is 0 Å². The maximum Gasteiger partial charge on any atom is 0.119 e. The summed E-state index contributed by atoms with van der Waals surface area (Å²) in [5.41, 5.74) is 0.808. The molecule has 0 saturated carbocycles. The molecule has 0 amide bonds. The first-order chi connectivity index (χ1) is 6.22. The molecule has 0 spiro atoms. The van der Waals surface area contributed by atoms with E-state index in [2.05, 4.69) is 0 Å². The third-order valence-corrected chi connectivity index (χ3v) is 1.57. The van der Waals surface area contributed by atoms with E-state index in [9.17, 15) is 0 Å². The zero-order valence-corrected chi connectivity index (χ0v) is 7.60. The van der Waals surface area contributed by atoms with Crippen molar-refractivity contribution in [2.75, 3.05) is 6.61 Å². The molecule has 13 heavy (non-hydrogen) atoms. The van der Waals surface area contributed by atoms with Crippen molar-refractivity contribution in [1.82, 2.24) is 0 Å². The van der Waals surface area contributed by atoms with Crippen LogP contribution >= 0.6 is 0 Å². The Hall–Kier alpha value is -1.06. The van der Waals surface area contributed by atoms with Gasteiger partial charge in [-0.1, -0.05) is 12.1 Å². The summed E-state index contributed by atoms with van der Waals surface area (Å²) in [6, 6.07) is 7.17. The van der Waals surface area contributed by atoms with Gasteiger partial charge in [-0.25, -0.2) is 0 Å². The summed E-state index contributed by atoms with van der Waals surface area (Å²) in [5, 5.41) is 17.8. The fraction of sp³-hybridized carbons (Fsp3) is 0.400. The largest absolute Gasteiger partial charge is 0.491 e. The van der Waals surface area contributed by atoms with Gasteiger partial charge in [0.05, 0.1) is 12.7 Å². The summed E-state index contributed by atoms with van der Waals surface area (Å²) in [6.45, 7) is 1.94. The molecule has 0 aliphatic heterocycles. The van der Waals surface area contributed by atoms with Crippen LogP contribution in [0, 0.1) is 0 Å². The highest BCUT2D eigenvalue weighted by molar-refractivity contribution is 5.27. The first-order valence-electron chi connectivity index (χ1n) is 4.23. The number of hydrogen-bond donors (Lipinski definition) is 2. The van der Waals surface area contributed by atoms with Crippen LogP contribution in [0.25, 0.3) is 0 Å². The van der Waals surface area contributed by atoms with Crippen LogP contribution in [0.4, 0.5) is 0 Å². The number of hydrogen-bond acceptors (Lipinski definition) is 3. The summed E-state index contributed by atoms with van der Waals surface area (Å²) in [6.07, 6.45) is -0.474. The minimum absolute atomic E-state index is 0.00583. The molecule has 0 saturated heterocycles. The van der Waals surface area contributed by atoms with Crippen LogP contribution < -0.4 is 4.74 Å². The molecule has 3 nitrogen and oxygen atoms in total. The fourth-order valence-corrected chi connectivity index (χ4v) is 0.950. The van der Waals surface area contributed by atoms with E-state index in [1.54, 1.807) is 19.1 Å². The lowest BCUT2D eigenvalue weighted by molar-refractivity contribution is 0.122. The van der Waals surface area contributed by atoms with Gasteiger partial charge < -0.3 is 14.9 Å². The highest BCUT2D eigenvalue weighted by Gasteiger charge is 1.98. The lowest BCUT2D eigenvalue weighted by Crippen LogP contribution is -2.12. The Labute approximate surface area is 77.6 Å². The van der Waals surface area contributed by atoms with Crippen molar-refractivity contribution in [3.8, 4) is 5.75 Å². The molecule has 1 unspecified atom stereocenters. The molecule has 0 aliphatic rings. The van der Waals surface area contributed by atoms with E-state index in [1.807, 2.05) is 12.1 Å². The first kappa shape index (κ1) is 10.0. The van der Waals surface area contributed by atoms with E-state index in [0.29, 0.717) is 5.75 Å². The van der Waals surface area contributed by atoms with Gasteiger partial charge in [-0.15, -0.1) is 0 Å². The molecule has 3 heteroatoms. The van der Waals surface area contributed by atoms with E-state index in [-0.39, 0.29) is 13.2 Å². The molecule has 0 aliphatic carbocycles. The second-order valence-electron chi connectivity index (χ2n) is 2.97. The molecule has 0 fully saturated rings. The summed E-state index contributed by atoms with van der Waals surface area (Å²) >= 11 is 0. The van der Waals surface area contributed by atoms with Gasteiger partial charge in [-0.2, -0.15) is 0 Å². The van der Waals surface area contributed by atoms with Crippen LogP contribution in [0.5, 0.6) is 5.75 Å².